The van der Waals surface area contributed by atoms with E-state index in [1.54, 1.807) is 11.3 Å². The van der Waals surface area contributed by atoms with Gasteiger partial charge in [0.15, 0.2) is 0 Å². The SMILES string of the molecule is CN(C)C1(CNCc2ccc(Cl)s2)CCCC1. The van der Waals surface area contributed by atoms with Gasteiger partial charge < -0.3 is 10.2 Å². The van der Waals surface area contributed by atoms with E-state index in [-0.39, 0.29) is 0 Å². The van der Waals surface area contributed by atoms with Crippen molar-refractivity contribution in [3.8, 4) is 0 Å². The minimum absolute atomic E-state index is 0.376. The largest absolute Gasteiger partial charge is 0.310 e. The number of nitrogens with one attached hydrogen (secondary N) is 1. The highest BCUT2D eigenvalue weighted by Gasteiger charge is 2.35. The second-order valence-electron chi connectivity index (χ2n) is 5.14. The molecule has 0 unspecified atom stereocenters. The number of halogens is 1. The third-order valence-electron chi connectivity index (χ3n) is 3.87. The van der Waals surface area contributed by atoms with Crippen LogP contribution in [0.15, 0.2) is 12.1 Å². The number of thiophene rings is 1. The van der Waals surface area contributed by atoms with Gasteiger partial charge in [0.25, 0.3) is 0 Å². The lowest BCUT2D eigenvalue weighted by Crippen LogP contribution is -2.49. The van der Waals surface area contributed by atoms with Crippen LogP contribution in [-0.2, 0) is 6.54 Å². The summed E-state index contributed by atoms with van der Waals surface area (Å²) in [6.45, 7) is 2.02. The van der Waals surface area contributed by atoms with Crippen molar-refractivity contribution in [2.24, 2.45) is 0 Å². The van der Waals surface area contributed by atoms with Crippen LogP contribution >= 0.6 is 22.9 Å². The average molecular weight is 273 g/mol. The van der Waals surface area contributed by atoms with Gasteiger partial charge in [0, 0.05) is 23.5 Å². The van der Waals surface area contributed by atoms with E-state index in [1.165, 1.54) is 30.6 Å². The summed E-state index contributed by atoms with van der Waals surface area (Å²) in [6, 6.07) is 4.08. The number of hydrogen-bond acceptors (Lipinski definition) is 3. The third-order valence-corrected chi connectivity index (χ3v) is 5.10. The molecule has 4 heteroatoms. The Morgan fingerprint density at radius 1 is 1.35 bits per heavy atom. The Morgan fingerprint density at radius 3 is 2.59 bits per heavy atom. The van der Waals surface area contributed by atoms with Crippen LogP contribution in [0.2, 0.25) is 4.34 Å². The predicted molar refractivity (Wildman–Crippen MR) is 75.9 cm³/mol. The van der Waals surface area contributed by atoms with E-state index in [4.69, 9.17) is 11.6 Å². The summed E-state index contributed by atoms with van der Waals surface area (Å²) in [7, 11) is 4.41. The summed E-state index contributed by atoms with van der Waals surface area (Å²) in [5, 5.41) is 3.59. The van der Waals surface area contributed by atoms with Crippen molar-refractivity contribution in [1.82, 2.24) is 10.2 Å². The molecule has 0 spiro atoms. The third kappa shape index (κ3) is 3.22. The highest BCUT2D eigenvalue weighted by atomic mass is 35.5. The molecule has 0 atom stereocenters. The highest BCUT2D eigenvalue weighted by molar-refractivity contribution is 7.16. The molecule has 0 saturated heterocycles. The van der Waals surface area contributed by atoms with E-state index in [9.17, 15) is 0 Å². The molecule has 2 nitrogen and oxygen atoms in total. The fourth-order valence-electron chi connectivity index (χ4n) is 2.68. The predicted octanol–water partition coefficient (Wildman–Crippen LogP) is 3.37. The zero-order chi connectivity index (χ0) is 12.3. The van der Waals surface area contributed by atoms with Gasteiger partial charge in [-0.1, -0.05) is 24.4 Å². The molecule has 0 bridgehead atoms. The van der Waals surface area contributed by atoms with Gasteiger partial charge in [-0.25, -0.2) is 0 Å². The van der Waals surface area contributed by atoms with Crippen LogP contribution in [0.3, 0.4) is 0 Å². The first-order chi connectivity index (χ1) is 8.12. The van der Waals surface area contributed by atoms with Crippen molar-refractivity contribution >= 4 is 22.9 Å². The van der Waals surface area contributed by atoms with Gasteiger partial charge >= 0.3 is 0 Å². The van der Waals surface area contributed by atoms with Gasteiger partial charge in [0.05, 0.1) is 4.34 Å². The van der Waals surface area contributed by atoms with E-state index < -0.39 is 0 Å². The standard InChI is InChI=1S/C13H21ClN2S/c1-16(2)13(7-3-4-8-13)10-15-9-11-5-6-12(14)17-11/h5-6,15H,3-4,7-10H2,1-2H3. The number of nitrogens with zero attached hydrogens (tertiary/aromatic N) is 1. The Balaban J connectivity index is 1.84. The van der Waals surface area contributed by atoms with Crippen molar-refractivity contribution in [2.45, 2.75) is 37.8 Å². The van der Waals surface area contributed by atoms with E-state index in [0.717, 1.165) is 17.4 Å². The summed E-state index contributed by atoms with van der Waals surface area (Å²) >= 11 is 7.59. The molecule has 0 aromatic carbocycles. The topological polar surface area (TPSA) is 15.3 Å². The number of likely N-dealkylation sites (N-methyl/N-ethyl adjacent to an activating group) is 1. The smallest absolute Gasteiger partial charge is 0.0931 e. The summed E-state index contributed by atoms with van der Waals surface area (Å²) in [6.07, 6.45) is 5.37. The first-order valence-corrected chi connectivity index (χ1v) is 7.44. The molecule has 1 aliphatic rings. The molecule has 1 aromatic heterocycles. The van der Waals surface area contributed by atoms with Crippen LogP contribution in [-0.4, -0.2) is 31.1 Å². The summed E-state index contributed by atoms with van der Waals surface area (Å²) in [5.74, 6) is 0. The van der Waals surface area contributed by atoms with Crippen molar-refractivity contribution in [1.29, 1.82) is 0 Å². The molecular weight excluding hydrogens is 252 g/mol. The van der Waals surface area contributed by atoms with Gasteiger partial charge in [-0.05, 0) is 39.1 Å². The maximum atomic E-state index is 5.93. The van der Waals surface area contributed by atoms with E-state index in [2.05, 4.69) is 30.4 Å². The Morgan fingerprint density at radius 2 is 2.06 bits per heavy atom. The molecule has 1 fully saturated rings. The first kappa shape index (κ1) is 13.3. The molecule has 0 amide bonds. The van der Waals surface area contributed by atoms with E-state index in [0.29, 0.717) is 5.54 Å². The van der Waals surface area contributed by atoms with Gasteiger partial charge in [0.1, 0.15) is 0 Å². The Labute approximate surface area is 113 Å². The maximum absolute atomic E-state index is 5.93. The molecule has 2 rings (SSSR count). The molecule has 0 aliphatic heterocycles. The van der Waals surface area contributed by atoms with Crippen molar-refractivity contribution in [2.75, 3.05) is 20.6 Å². The first-order valence-electron chi connectivity index (χ1n) is 6.25. The average Bonchev–Trinajstić information content (AvgIpc) is 2.89. The highest BCUT2D eigenvalue weighted by Crippen LogP contribution is 2.33. The molecule has 1 saturated carbocycles. The van der Waals surface area contributed by atoms with Crippen molar-refractivity contribution in [3.63, 3.8) is 0 Å². The summed E-state index contributed by atoms with van der Waals surface area (Å²) < 4.78 is 0.880. The summed E-state index contributed by atoms with van der Waals surface area (Å²) in [5.41, 5.74) is 0.376. The molecule has 1 N–H and O–H groups in total. The second kappa shape index (κ2) is 5.70. The normalized spacial score (nSPS) is 19.1. The van der Waals surface area contributed by atoms with E-state index >= 15 is 0 Å². The molecule has 0 radical (unpaired) electrons. The number of rotatable bonds is 5. The Kier molecular flexibility index (Phi) is 4.47. The number of hydrogen-bond donors (Lipinski definition) is 1. The van der Waals surface area contributed by atoms with Gasteiger partial charge in [0.2, 0.25) is 0 Å². The monoisotopic (exact) mass is 272 g/mol. The molecule has 1 aliphatic carbocycles. The van der Waals surface area contributed by atoms with E-state index in [1.807, 2.05) is 6.07 Å². The lowest BCUT2D eigenvalue weighted by molar-refractivity contribution is 0.154. The fourth-order valence-corrected chi connectivity index (χ4v) is 3.74. The van der Waals surface area contributed by atoms with Crippen LogP contribution in [0.5, 0.6) is 0 Å². The van der Waals surface area contributed by atoms with Crippen molar-refractivity contribution in [3.05, 3.63) is 21.3 Å². The summed E-state index contributed by atoms with van der Waals surface area (Å²) in [4.78, 5) is 3.72. The Bertz CT molecular complexity index is 356. The van der Waals surface area contributed by atoms with Crippen LogP contribution in [0.25, 0.3) is 0 Å². The quantitative estimate of drug-likeness (QED) is 0.884. The van der Waals surface area contributed by atoms with Crippen LogP contribution in [0.1, 0.15) is 30.6 Å². The van der Waals surface area contributed by atoms with Crippen LogP contribution in [0, 0.1) is 0 Å². The van der Waals surface area contributed by atoms with Crippen LogP contribution < -0.4 is 5.32 Å². The molecule has 17 heavy (non-hydrogen) atoms. The maximum Gasteiger partial charge on any atom is 0.0931 e. The second-order valence-corrected chi connectivity index (χ2v) is 6.93. The minimum atomic E-state index is 0.376. The lowest BCUT2D eigenvalue weighted by atomic mass is 9.96. The van der Waals surface area contributed by atoms with Gasteiger partial charge in [-0.3, -0.25) is 0 Å². The molecule has 96 valence electrons. The zero-order valence-corrected chi connectivity index (χ0v) is 12.2. The van der Waals surface area contributed by atoms with Crippen LogP contribution in [0.4, 0.5) is 0 Å². The Hall–Kier alpha value is -0.0900. The zero-order valence-electron chi connectivity index (χ0n) is 10.6. The molecular formula is C13H21ClN2S. The van der Waals surface area contributed by atoms with Crippen molar-refractivity contribution < 1.29 is 0 Å². The fraction of sp³-hybridized carbons (Fsp3) is 0.692. The van der Waals surface area contributed by atoms with Gasteiger partial charge in [-0.2, -0.15) is 0 Å². The lowest BCUT2D eigenvalue weighted by Gasteiger charge is -2.36. The minimum Gasteiger partial charge on any atom is -0.310 e. The molecule has 1 heterocycles. The molecule has 1 aromatic rings. The van der Waals surface area contributed by atoms with Gasteiger partial charge in [-0.15, -0.1) is 11.3 Å².